The van der Waals surface area contributed by atoms with Crippen LogP contribution in [0.15, 0.2) is 12.1 Å². The molecular weight excluding hydrogens is 638 g/mol. The predicted molar refractivity (Wildman–Crippen MR) is 175 cm³/mol. The molecule has 1 N–H and O–H groups in total. The van der Waals surface area contributed by atoms with E-state index in [2.05, 4.69) is 19.1 Å². The summed E-state index contributed by atoms with van der Waals surface area (Å²) in [5.41, 5.74) is 3.20. The standard InChI is InChI=1S/C37H54F6O3S/c1-35-24-30(38)34-27(29(35)16-17-32(35)44)15-14-25-23-31(46-33-13-8-9-19-45-33)26(22-28(25)34)12-7-5-3-2-4-6-10-20-47-21-11-18-36(39,40)37(41,42)43/h22-23,27,29-30,32-34,44H,2-21,24H2,1H3/t27-,29-,30-,32-,33?,34-,35-/m0/s1. The lowest BCUT2D eigenvalue weighted by atomic mass is 9.54. The third kappa shape index (κ3) is 8.97. The van der Waals surface area contributed by atoms with Gasteiger partial charge in [-0.25, -0.2) is 4.39 Å². The number of thioether (sulfide) groups is 1. The Labute approximate surface area is 281 Å². The number of aliphatic hydroxyl groups is 1. The van der Waals surface area contributed by atoms with Crippen LogP contribution in [0.3, 0.4) is 0 Å². The van der Waals surface area contributed by atoms with Crippen molar-refractivity contribution in [3.05, 3.63) is 28.8 Å². The van der Waals surface area contributed by atoms with Gasteiger partial charge in [0.1, 0.15) is 11.9 Å². The SMILES string of the molecule is C[C@]12C[C@H](F)[C@@H]3c4cc(CCCCCCCCCSCCCC(F)(F)C(F)(F)F)c(OC5CCCCO5)cc4CC[C@H]3[C@@H]1CC[C@@H]2O. The average Bonchev–Trinajstić information content (AvgIpc) is 3.32. The smallest absolute Gasteiger partial charge is 0.453 e. The van der Waals surface area contributed by atoms with Crippen molar-refractivity contribution in [3.8, 4) is 5.75 Å². The Morgan fingerprint density at radius 2 is 1.64 bits per heavy atom. The average molecular weight is 693 g/mol. The van der Waals surface area contributed by atoms with Crippen LogP contribution >= 0.6 is 11.8 Å². The first-order valence-corrected chi connectivity index (χ1v) is 19.3. The number of halogens is 6. The second-order valence-electron chi connectivity index (χ2n) is 14.9. The van der Waals surface area contributed by atoms with Crippen molar-refractivity contribution in [1.29, 1.82) is 0 Å². The lowest BCUT2D eigenvalue weighted by molar-refractivity contribution is -0.284. The van der Waals surface area contributed by atoms with E-state index in [0.717, 1.165) is 119 Å². The molecule has 0 aromatic heterocycles. The van der Waals surface area contributed by atoms with E-state index in [-0.39, 0.29) is 30.0 Å². The zero-order chi connectivity index (χ0) is 33.7. The van der Waals surface area contributed by atoms with Crippen LogP contribution in [0.25, 0.3) is 0 Å². The number of unbranched alkanes of at least 4 members (excludes halogenated alkanes) is 6. The Bertz CT molecular complexity index is 1140. The van der Waals surface area contributed by atoms with Crippen molar-refractivity contribution in [3.63, 3.8) is 0 Å². The topological polar surface area (TPSA) is 38.7 Å². The Morgan fingerprint density at radius 1 is 0.915 bits per heavy atom. The van der Waals surface area contributed by atoms with Crippen molar-refractivity contribution in [2.45, 2.75) is 159 Å². The highest BCUT2D eigenvalue weighted by Crippen LogP contribution is 2.62. The van der Waals surface area contributed by atoms with E-state index in [4.69, 9.17) is 9.47 Å². The van der Waals surface area contributed by atoms with Crippen LogP contribution in [-0.2, 0) is 17.6 Å². The first-order chi connectivity index (χ1) is 22.4. The molecule has 47 heavy (non-hydrogen) atoms. The van der Waals surface area contributed by atoms with Gasteiger partial charge in [-0.15, -0.1) is 0 Å². The predicted octanol–water partition coefficient (Wildman–Crippen LogP) is 10.7. The number of benzene rings is 1. The molecule has 1 unspecified atom stereocenters. The summed E-state index contributed by atoms with van der Waals surface area (Å²) in [5.74, 6) is -2.07. The maximum atomic E-state index is 16.1. The summed E-state index contributed by atoms with van der Waals surface area (Å²) in [5, 5.41) is 10.8. The van der Waals surface area contributed by atoms with Crippen LogP contribution in [0, 0.1) is 17.3 Å². The van der Waals surface area contributed by atoms with Crippen LogP contribution in [0.1, 0.15) is 132 Å². The molecule has 0 bridgehead atoms. The summed E-state index contributed by atoms with van der Waals surface area (Å²) in [6.45, 7) is 2.82. The molecule has 3 aliphatic carbocycles. The molecule has 1 aromatic rings. The van der Waals surface area contributed by atoms with Gasteiger partial charge < -0.3 is 14.6 Å². The van der Waals surface area contributed by atoms with Crippen molar-refractivity contribution in [2.24, 2.45) is 17.3 Å². The fourth-order valence-corrected chi connectivity index (χ4v) is 9.90. The van der Waals surface area contributed by atoms with Gasteiger partial charge in [-0.2, -0.15) is 33.7 Å². The third-order valence-corrected chi connectivity index (χ3v) is 12.8. The first-order valence-electron chi connectivity index (χ1n) is 18.2. The molecule has 2 saturated carbocycles. The van der Waals surface area contributed by atoms with Crippen molar-refractivity contribution < 1.29 is 40.9 Å². The summed E-state index contributed by atoms with van der Waals surface area (Å²) in [6, 6.07) is 4.44. The number of aryl methyl sites for hydroxylation is 2. The van der Waals surface area contributed by atoms with Gasteiger partial charge in [0, 0.05) is 18.8 Å². The molecule has 1 heterocycles. The molecule has 10 heteroatoms. The largest absolute Gasteiger partial charge is 0.465 e. The molecule has 1 saturated heterocycles. The van der Waals surface area contributed by atoms with Crippen LogP contribution in [0.2, 0.25) is 0 Å². The summed E-state index contributed by atoms with van der Waals surface area (Å²) >= 11 is 1.45. The normalized spacial score (nSPS) is 30.9. The van der Waals surface area contributed by atoms with E-state index >= 15 is 4.39 Å². The molecule has 0 spiro atoms. The lowest BCUT2D eigenvalue weighted by Crippen LogP contribution is -2.48. The highest BCUT2D eigenvalue weighted by atomic mass is 32.2. The number of hydrogen-bond donors (Lipinski definition) is 1. The fourth-order valence-electron chi connectivity index (χ4n) is 8.94. The van der Waals surface area contributed by atoms with Crippen LogP contribution < -0.4 is 4.74 Å². The Kier molecular flexibility index (Phi) is 12.8. The molecule has 3 fully saturated rings. The van der Waals surface area contributed by atoms with Crippen LogP contribution in [0.5, 0.6) is 5.75 Å². The Hall–Kier alpha value is -1.13. The minimum Gasteiger partial charge on any atom is -0.465 e. The number of fused-ring (bicyclic) bond motifs is 5. The number of rotatable bonds is 16. The zero-order valence-corrected chi connectivity index (χ0v) is 28.7. The lowest BCUT2D eigenvalue weighted by Gasteiger charge is -2.51. The summed E-state index contributed by atoms with van der Waals surface area (Å²) in [4.78, 5) is 0. The zero-order valence-electron chi connectivity index (χ0n) is 27.9. The number of aliphatic hydroxyl groups excluding tert-OH is 1. The second-order valence-corrected chi connectivity index (χ2v) is 16.1. The van der Waals surface area contributed by atoms with Crippen molar-refractivity contribution >= 4 is 11.8 Å². The summed E-state index contributed by atoms with van der Waals surface area (Å²) < 4.78 is 91.2. The van der Waals surface area contributed by atoms with E-state index in [1.807, 2.05) is 0 Å². The van der Waals surface area contributed by atoms with E-state index in [0.29, 0.717) is 24.7 Å². The molecule has 268 valence electrons. The van der Waals surface area contributed by atoms with Gasteiger partial charge >= 0.3 is 12.1 Å². The van der Waals surface area contributed by atoms with Gasteiger partial charge in [0.05, 0.1) is 12.7 Å². The number of ether oxygens (including phenoxy) is 2. The molecule has 1 aromatic carbocycles. The van der Waals surface area contributed by atoms with E-state index in [9.17, 15) is 27.1 Å². The Morgan fingerprint density at radius 3 is 2.36 bits per heavy atom. The minimum absolute atomic E-state index is 0.111. The minimum atomic E-state index is -5.46. The maximum Gasteiger partial charge on any atom is 0.453 e. The quantitative estimate of drug-likeness (QED) is 0.138. The monoisotopic (exact) mass is 692 g/mol. The highest BCUT2D eigenvalue weighted by molar-refractivity contribution is 7.99. The number of alkyl halides is 6. The van der Waals surface area contributed by atoms with Crippen molar-refractivity contribution in [1.82, 2.24) is 0 Å². The van der Waals surface area contributed by atoms with Gasteiger partial charge in [-0.3, -0.25) is 0 Å². The van der Waals surface area contributed by atoms with Gasteiger partial charge in [-0.1, -0.05) is 45.1 Å². The van der Waals surface area contributed by atoms with E-state index in [1.54, 1.807) is 0 Å². The molecule has 4 aliphatic rings. The molecule has 5 rings (SSSR count). The van der Waals surface area contributed by atoms with Gasteiger partial charge in [0.15, 0.2) is 6.29 Å². The van der Waals surface area contributed by atoms with E-state index < -0.39 is 30.8 Å². The molecule has 3 nitrogen and oxygen atoms in total. The highest BCUT2D eigenvalue weighted by Gasteiger charge is 2.58. The van der Waals surface area contributed by atoms with Gasteiger partial charge in [0.25, 0.3) is 0 Å². The van der Waals surface area contributed by atoms with E-state index in [1.165, 1.54) is 17.3 Å². The molecule has 1 aliphatic heterocycles. The maximum absolute atomic E-state index is 16.1. The van der Waals surface area contributed by atoms with Crippen molar-refractivity contribution in [2.75, 3.05) is 18.1 Å². The summed E-state index contributed by atoms with van der Waals surface area (Å²) in [6.07, 6.45) is 6.98. The first kappa shape index (κ1) is 37.1. The number of hydrogen-bond acceptors (Lipinski definition) is 4. The summed E-state index contributed by atoms with van der Waals surface area (Å²) in [7, 11) is 0. The molecule has 7 atom stereocenters. The Balaban J connectivity index is 1.08. The van der Waals surface area contributed by atoms with Gasteiger partial charge in [-0.05, 0) is 122 Å². The fraction of sp³-hybridized carbons (Fsp3) is 0.838. The van der Waals surface area contributed by atoms with Crippen LogP contribution in [0.4, 0.5) is 26.3 Å². The van der Waals surface area contributed by atoms with Crippen LogP contribution in [-0.4, -0.2) is 53.9 Å². The molecular formula is C37H54F6O3S. The molecule has 0 amide bonds. The molecule has 0 radical (unpaired) electrons. The van der Waals surface area contributed by atoms with Gasteiger partial charge in [0.2, 0.25) is 0 Å². The second kappa shape index (κ2) is 16.3. The third-order valence-electron chi connectivity index (χ3n) is 11.6.